The largest absolute Gasteiger partial charge is 0.310 e. The molecule has 1 aromatic carbocycles. The van der Waals surface area contributed by atoms with Crippen LogP contribution in [0.5, 0.6) is 0 Å². The van der Waals surface area contributed by atoms with Crippen molar-refractivity contribution < 1.29 is 4.79 Å². The predicted molar refractivity (Wildman–Crippen MR) is 60.0 cm³/mol. The highest BCUT2D eigenvalue weighted by Gasteiger charge is 2.01. The van der Waals surface area contributed by atoms with Crippen molar-refractivity contribution in [1.29, 1.82) is 0 Å². The van der Waals surface area contributed by atoms with Crippen molar-refractivity contribution in [2.24, 2.45) is 0 Å². The molecule has 1 N–H and O–H groups in total. The minimum absolute atomic E-state index is 0.197. The number of fused-ring (bicyclic) bond motifs is 1. The number of aldehydes is 1. The van der Waals surface area contributed by atoms with Crippen molar-refractivity contribution in [1.82, 2.24) is 9.97 Å². The highest BCUT2D eigenvalue weighted by atomic mass is 16.1. The van der Waals surface area contributed by atoms with E-state index in [-0.39, 0.29) is 5.56 Å². The minimum atomic E-state index is -0.197. The molecule has 0 aliphatic heterocycles. The van der Waals surface area contributed by atoms with Crippen LogP contribution in [-0.2, 0) is 4.79 Å². The SMILES string of the molecule is Cc1nc2ccc(C#CC=O)cc2c(=O)[nH]1. The smallest absolute Gasteiger partial charge is 0.258 e. The quantitative estimate of drug-likeness (QED) is 0.518. The standard InChI is InChI=1S/C12H8N2O2/c1-8-13-11-5-4-9(3-2-6-15)7-10(11)12(16)14-8/h4-7H,1H3,(H,13,14,16). The lowest BCUT2D eigenvalue weighted by atomic mass is 10.1. The molecule has 1 heterocycles. The van der Waals surface area contributed by atoms with Crippen molar-refractivity contribution in [3.63, 3.8) is 0 Å². The Morgan fingerprint density at radius 2 is 2.25 bits per heavy atom. The third-order valence-corrected chi connectivity index (χ3v) is 2.10. The second-order valence-electron chi connectivity index (χ2n) is 3.27. The second-order valence-corrected chi connectivity index (χ2v) is 3.27. The number of carbonyl (C=O) groups excluding carboxylic acids is 1. The average molecular weight is 212 g/mol. The van der Waals surface area contributed by atoms with E-state index < -0.39 is 0 Å². The highest BCUT2D eigenvalue weighted by Crippen LogP contribution is 2.09. The molecule has 0 spiro atoms. The fourth-order valence-electron chi connectivity index (χ4n) is 1.45. The molecule has 2 rings (SSSR count). The second kappa shape index (κ2) is 3.99. The number of hydrogen-bond acceptors (Lipinski definition) is 3. The Balaban J connectivity index is 2.71. The molecule has 16 heavy (non-hydrogen) atoms. The van der Waals surface area contributed by atoms with Gasteiger partial charge in [0.25, 0.3) is 5.56 Å². The van der Waals surface area contributed by atoms with Crippen LogP contribution >= 0.6 is 0 Å². The number of H-pyrrole nitrogens is 1. The van der Waals surface area contributed by atoms with Crippen molar-refractivity contribution in [2.45, 2.75) is 6.92 Å². The van der Waals surface area contributed by atoms with Gasteiger partial charge < -0.3 is 4.98 Å². The topological polar surface area (TPSA) is 62.8 Å². The number of benzene rings is 1. The number of rotatable bonds is 0. The summed E-state index contributed by atoms with van der Waals surface area (Å²) in [6.45, 7) is 1.72. The van der Waals surface area contributed by atoms with Crippen LogP contribution in [0.25, 0.3) is 10.9 Å². The number of carbonyl (C=O) groups is 1. The van der Waals surface area contributed by atoms with Gasteiger partial charge in [-0.15, -0.1) is 0 Å². The van der Waals surface area contributed by atoms with Gasteiger partial charge in [0.15, 0.2) is 6.29 Å². The van der Waals surface area contributed by atoms with E-state index in [1.807, 2.05) is 0 Å². The number of aromatic amines is 1. The summed E-state index contributed by atoms with van der Waals surface area (Å²) in [5.74, 6) is 5.50. The molecule has 4 nitrogen and oxygen atoms in total. The van der Waals surface area contributed by atoms with Crippen LogP contribution in [0.1, 0.15) is 11.4 Å². The summed E-state index contributed by atoms with van der Waals surface area (Å²) in [5, 5.41) is 0.475. The van der Waals surface area contributed by atoms with Gasteiger partial charge in [-0.05, 0) is 31.0 Å². The lowest BCUT2D eigenvalue weighted by Crippen LogP contribution is -2.09. The maximum Gasteiger partial charge on any atom is 0.258 e. The molecule has 0 saturated heterocycles. The minimum Gasteiger partial charge on any atom is -0.310 e. The van der Waals surface area contributed by atoms with Crippen molar-refractivity contribution >= 4 is 17.2 Å². The molecule has 0 radical (unpaired) electrons. The first-order valence-electron chi connectivity index (χ1n) is 4.66. The number of nitrogens with zero attached hydrogens (tertiary/aromatic N) is 1. The molecule has 1 aromatic heterocycles. The van der Waals surface area contributed by atoms with Crippen molar-refractivity contribution in [3.05, 3.63) is 39.9 Å². The molecule has 0 atom stereocenters. The molecule has 0 amide bonds. The van der Waals surface area contributed by atoms with Gasteiger partial charge in [-0.1, -0.05) is 5.92 Å². The van der Waals surface area contributed by atoms with Gasteiger partial charge >= 0.3 is 0 Å². The third kappa shape index (κ3) is 1.84. The Morgan fingerprint density at radius 1 is 1.44 bits per heavy atom. The first-order chi connectivity index (χ1) is 7.70. The van der Waals surface area contributed by atoms with E-state index in [1.54, 1.807) is 25.1 Å². The summed E-state index contributed by atoms with van der Waals surface area (Å²) in [5.41, 5.74) is 1.05. The zero-order chi connectivity index (χ0) is 11.5. The van der Waals surface area contributed by atoms with Crippen LogP contribution < -0.4 is 5.56 Å². The zero-order valence-corrected chi connectivity index (χ0v) is 8.57. The number of nitrogens with one attached hydrogen (secondary N) is 1. The lowest BCUT2D eigenvalue weighted by Gasteiger charge is -1.98. The fourth-order valence-corrected chi connectivity index (χ4v) is 1.45. The Labute approximate surface area is 91.3 Å². The molecule has 0 saturated carbocycles. The molecule has 0 aliphatic rings. The monoisotopic (exact) mass is 212 g/mol. The maximum atomic E-state index is 11.6. The maximum absolute atomic E-state index is 11.6. The molecule has 2 aromatic rings. The van der Waals surface area contributed by atoms with Crippen molar-refractivity contribution in [3.8, 4) is 11.8 Å². The molecule has 0 fully saturated rings. The van der Waals surface area contributed by atoms with Crippen LogP contribution in [0.2, 0.25) is 0 Å². The van der Waals surface area contributed by atoms with Crippen molar-refractivity contribution in [2.75, 3.05) is 0 Å². The summed E-state index contributed by atoms with van der Waals surface area (Å²) in [7, 11) is 0. The summed E-state index contributed by atoms with van der Waals surface area (Å²) < 4.78 is 0. The number of hydrogen-bond donors (Lipinski definition) is 1. The van der Waals surface area contributed by atoms with E-state index in [0.717, 1.165) is 0 Å². The van der Waals surface area contributed by atoms with Gasteiger partial charge in [-0.25, -0.2) is 4.98 Å². The first kappa shape index (κ1) is 10.1. The fraction of sp³-hybridized carbons (Fsp3) is 0.0833. The predicted octanol–water partition coefficient (Wildman–Crippen LogP) is 0.782. The Hall–Kier alpha value is -2.41. The molecule has 78 valence electrons. The lowest BCUT2D eigenvalue weighted by molar-refractivity contribution is -0.103. The summed E-state index contributed by atoms with van der Waals surface area (Å²) in [4.78, 5) is 28.5. The van der Waals surface area contributed by atoms with Gasteiger partial charge in [0.05, 0.1) is 10.9 Å². The Kier molecular flexibility index (Phi) is 2.52. The Bertz CT molecular complexity index is 675. The Morgan fingerprint density at radius 3 is 3.00 bits per heavy atom. The average Bonchev–Trinajstić information content (AvgIpc) is 2.26. The zero-order valence-electron chi connectivity index (χ0n) is 8.57. The highest BCUT2D eigenvalue weighted by molar-refractivity contribution is 5.80. The van der Waals surface area contributed by atoms with Crippen LogP contribution in [0.4, 0.5) is 0 Å². The molecular formula is C12H8N2O2. The normalized spacial score (nSPS) is 9.56. The van der Waals surface area contributed by atoms with E-state index in [4.69, 9.17) is 0 Å². The van der Waals surface area contributed by atoms with Crippen LogP contribution in [0.3, 0.4) is 0 Å². The summed E-state index contributed by atoms with van der Waals surface area (Å²) in [6, 6.07) is 5.06. The van der Waals surface area contributed by atoms with Gasteiger partial charge in [-0.3, -0.25) is 9.59 Å². The third-order valence-electron chi connectivity index (χ3n) is 2.10. The van der Waals surface area contributed by atoms with E-state index >= 15 is 0 Å². The summed E-state index contributed by atoms with van der Waals surface area (Å²) in [6.07, 6.45) is 0.516. The molecular weight excluding hydrogens is 204 g/mol. The molecule has 0 bridgehead atoms. The number of aryl methyl sites for hydroxylation is 1. The van der Waals surface area contributed by atoms with E-state index in [2.05, 4.69) is 21.8 Å². The number of aromatic nitrogens is 2. The van der Waals surface area contributed by atoms with Gasteiger partial charge in [0.2, 0.25) is 0 Å². The van der Waals surface area contributed by atoms with Gasteiger partial charge in [0, 0.05) is 5.56 Å². The van der Waals surface area contributed by atoms with E-state index in [1.165, 1.54) is 0 Å². The molecule has 0 aliphatic carbocycles. The van der Waals surface area contributed by atoms with E-state index in [0.29, 0.717) is 28.6 Å². The van der Waals surface area contributed by atoms with Crippen LogP contribution in [0, 0.1) is 18.8 Å². The first-order valence-corrected chi connectivity index (χ1v) is 4.66. The van der Waals surface area contributed by atoms with Gasteiger partial charge in [-0.2, -0.15) is 0 Å². The molecule has 4 heteroatoms. The van der Waals surface area contributed by atoms with Crippen LogP contribution in [0.15, 0.2) is 23.0 Å². The van der Waals surface area contributed by atoms with Crippen LogP contribution in [-0.4, -0.2) is 16.3 Å². The molecule has 0 unspecified atom stereocenters. The van der Waals surface area contributed by atoms with Gasteiger partial charge in [0.1, 0.15) is 5.82 Å². The summed E-state index contributed by atoms with van der Waals surface area (Å²) >= 11 is 0. The van der Waals surface area contributed by atoms with E-state index in [9.17, 15) is 9.59 Å².